The topological polar surface area (TPSA) is 32.3 Å². The summed E-state index contributed by atoms with van der Waals surface area (Å²) in [6.45, 7) is 3.11. The predicted molar refractivity (Wildman–Crippen MR) is 86.3 cm³/mol. The Morgan fingerprint density at radius 3 is 2.05 bits per heavy atom. The van der Waals surface area contributed by atoms with E-state index in [2.05, 4.69) is 36.5 Å². The molecule has 0 aliphatic heterocycles. The summed E-state index contributed by atoms with van der Waals surface area (Å²) in [6, 6.07) is 20.7. The summed E-state index contributed by atoms with van der Waals surface area (Å²) >= 11 is 0. The Morgan fingerprint density at radius 1 is 0.950 bits per heavy atom. The van der Waals surface area contributed by atoms with E-state index in [1.54, 1.807) is 0 Å². The molecule has 0 saturated heterocycles. The van der Waals surface area contributed by atoms with Gasteiger partial charge in [-0.25, -0.2) is 0 Å². The summed E-state index contributed by atoms with van der Waals surface area (Å²) in [4.78, 5) is 0. The SMILES string of the molecule is CC(NCc1ccccc1)C(CO)c1ccccc1.Cl. The van der Waals surface area contributed by atoms with Crippen LogP contribution in [0.5, 0.6) is 0 Å². The van der Waals surface area contributed by atoms with Crippen molar-refractivity contribution in [2.24, 2.45) is 0 Å². The van der Waals surface area contributed by atoms with Gasteiger partial charge in [0.15, 0.2) is 0 Å². The van der Waals surface area contributed by atoms with Crippen LogP contribution in [0.25, 0.3) is 0 Å². The van der Waals surface area contributed by atoms with Crippen molar-refractivity contribution in [2.75, 3.05) is 6.61 Å². The molecular formula is C17H22ClNO. The van der Waals surface area contributed by atoms with Crippen LogP contribution >= 0.6 is 12.4 Å². The Labute approximate surface area is 127 Å². The van der Waals surface area contributed by atoms with Crippen LogP contribution < -0.4 is 5.32 Å². The van der Waals surface area contributed by atoms with Gasteiger partial charge >= 0.3 is 0 Å². The van der Waals surface area contributed by atoms with E-state index in [-0.39, 0.29) is 31.0 Å². The van der Waals surface area contributed by atoms with E-state index in [0.717, 1.165) is 6.54 Å². The molecule has 2 aromatic rings. The molecule has 108 valence electrons. The first-order valence-corrected chi connectivity index (χ1v) is 6.74. The highest BCUT2D eigenvalue weighted by Crippen LogP contribution is 2.19. The third-order valence-corrected chi connectivity index (χ3v) is 3.50. The monoisotopic (exact) mass is 291 g/mol. The van der Waals surface area contributed by atoms with Crippen molar-refractivity contribution in [3.8, 4) is 0 Å². The van der Waals surface area contributed by atoms with Gasteiger partial charge in [-0.1, -0.05) is 60.7 Å². The molecule has 20 heavy (non-hydrogen) atoms. The first kappa shape index (κ1) is 16.7. The third-order valence-electron chi connectivity index (χ3n) is 3.50. The molecule has 2 atom stereocenters. The lowest BCUT2D eigenvalue weighted by atomic mass is 9.93. The number of benzene rings is 2. The highest BCUT2D eigenvalue weighted by atomic mass is 35.5. The molecule has 0 heterocycles. The van der Waals surface area contributed by atoms with Crippen LogP contribution in [0.3, 0.4) is 0 Å². The Balaban J connectivity index is 0.00000200. The van der Waals surface area contributed by atoms with Gasteiger partial charge in [0, 0.05) is 18.5 Å². The molecule has 0 fully saturated rings. The minimum atomic E-state index is 0. The first-order valence-electron chi connectivity index (χ1n) is 6.74. The molecule has 2 rings (SSSR count). The minimum Gasteiger partial charge on any atom is -0.396 e. The molecule has 0 saturated carbocycles. The summed E-state index contributed by atoms with van der Waals surface area (Å²) in [5.74, 6) is 0.130. The molecule has 2 unspecified atom stereocenters. The number of hydrogen-bond acceptors (Lipinski definition) is 2. The van der Waals surface area contributed by atoms with E-state index < -0.39 is 0 Å². The predicted octanol–water partition coefficient (Wildman–Crippen LogP) is 3.36. The van der Waals surface area contributed by atoms with Crippen molar-refractivity contribution in [3.05, 3.63) is 71.8 Å². The van der Waals surface area contributed by atoms with Gasteiger partial charge < -0.3 is 10.4 Å². The van der Waals surface area contributed by atoms with Crippen LogP contribution in [-0.2, 0) is 6.54 Å². The van der Waals surface area contributed by atoms with Crippen molar-refractivity contribution in [3.63, 3.8) is 0 Å². The van der Waals surface area contributed by atoms with Crippen LogP contribution in [0, 0.1) is 0 Å². The first-order chi connectivity index (χ1) is 9.31. The van der Waals surface area contributed by atoms with Crippen LogP contribution in [0.15, 0.2) is 60.7 Å². The number of hydrogen-bond donors (Lipinski definition) is 2. The fourth-order valence-electron chi connectivity index (χ4n) is 2.27. The summed E-state index contributed by atoms with van der Waals surface area (Å²) in [5.41, 5.74) is 2.44. The smallest absolute Gasteiger partial charge is 0.0514 e. The van der Waals surface area contributed by atoms with Crippen LogP contribution in [0.1, 0.15) is 24.0 Å². The van der Waals surface area contributed by atoms with Crippen molar-refractivity contribution < 1.29 is 5.11 Å². The molecule has 0 amide bonds. The van der Waals surface area contributed by atoms with Gasteiger partial charge in [-0.05, 0) is 18.1 Å². The van der Waals surface area contributed by atoms with E-state index in [1.807, 2.05) is 36.4 Å². The maximum atomic E-state index is 9.61. The van der Waals surface area contributed by atoms with Gasteiger partial charge in [0.25, 0.3) is 0 Å². The van der Waals surface area contributed by atoms with E-state index in [4.69, 9.17) is 0 Å². The lowest BCUT2D eigenvalue weighted by molar-refractivity contribution is 0.239. The fourth-order valence-corrected chi connectivity index (χ4v) is 2.27. The molecule has 0 bridgehead atoms. The number of nitrogens with one attached hydrogen (secondary N) is 1. The molecule has 0 aliphatic rings. The molecule has 0 radical (unpaired) electrons. The second-order valence-electron chi connectivity index (χ2n) is 4.85. The van der Waals surface area contributed by atoms with Crippen LogP contribution in [-0.4, -0.2) is 17.8 Å². The van der Waals surface area contributed by atoms with Gasteiger partial charge in [0.05, 0.1) is 6.61 Å². The number of halogens is 1. The Kier molecular flexibility index (Phi) is 7.31. The standard InChI is InChI=1S/C17H21NO.ClH/c1-14(18-12-15-8-4-2-5-9-15)17(13-19)16-10-6-3-7-11-16;/h2-11,14,17-19H,12-13H2,1H3;1H. The van der Waals surface area contributed by atoms with E-state index in [9.17, 15) is 5.11 Å². The molecule has 2 N–H and O–H groups in total. The Bertz CT molecular complexity index is 475. The third kappa shape index (κ3) is 4.64. The zero-order valence-electron chi connectivity index (χ0n) is 11.7. The van der Waals surface area contributed by atoms with Crippen molar-refractivity contribution >= 4 is 12.4 Å². The van der Waals surface area contributed by atoms with Crippen LogP contribution in [0.4, 0.5) is 0 Å². The number of aliphatic hydroxyl groups excluding tert-OH is 1. The Morgan fingerprint density at radius 2 is 1.50 bits per heavy atom. The Hall–Kier alpha value is -1.35. The molecule has 0 aliphatic carbocycles. The summed E-state index contributed by atoms with van der Waals surface area (Å²) in [5, 5.41) is 13.1. The second kappa shape index (κ2) is 8.75. The molecule has 0 spiro atoms. The molecule has 3 heteroatoms. The molecular weight excluding hydrogens is 270 g/mol. The van der Waals surface area contributed by atoms with Gasteiger partial charge in [0.2, 0.25) is 0 Å². The summed E-state index contributed by atoms with van der Waals surface area (Å²) in [7, 11) is 0. The molecule has 0 aromatic heterocycles. The van der Waals surface area contributed by atoms with Gasteiger partial charge in [-0.3, -0.25) is 0 Å². The number of rotatable bonds is 6. The van der Waals surface area contributed by atoms with E-state index >= 15 is 0 Å². The van der Waals surface area contributed by atoms with Gasteiger partial charge in [0.1, 0.15) is 0 Å². The van der Waals surface area contributed by atoms with Crippen molar-refractivity contribution in [1.82, 2.24) is 5.32 Å². The average Bonchev–Trinajstić information content (AvgIpc) is 2.48. The lowest BCUT2D eigenvalue weighted by Gasteiger charge is -2.23. The van der Waals surface area contributed by atoms with Crippen molar-refractivity contribution in [1.29, 1.82) is 0 Å². The maximum absolute atomic E-state index is 9.61. The average molecular weight is 292 g/mol. The quantitative estimate of drug-likeness (QED) is 0.855. The highest BCUT2D eigenvalue weighted by Gasteiger charge is 2.17. The summed E-state index contributed by atoms with van der Waals surface area (Å²) in [6.07, 6.45) is 0. The zero-order valence-corrected chi connectivity index (χ0v) is 12.5. The molecule has 2 nitrogen and oxygen atoms in total. The van der Waals surface area contributed by atoms with Crippen LogP contribution in [0.2, 0.25) is 0 Å². The second-order valence-corrected chi connectivity index (χ2v) is 4.85. The highest BCUT2D eigenvalue weighted by molar-refractivity contribution is 5.85. The normalized spacial score (nSPS) is 13.3. The largest absolute Gasteiger partial charge is 0.396 e. The fraction of sp³-hybridized carbons (Fsp3) is 0.294. The summed E-state index contributed by atoms with van der Waals surface area (Å²) < 4.78 is 0. The zero-order chi connectivity index (χ0) is 13.5. The maximum Gasteiger partial charge on any atom is 0.0514 e. The van der Waals surface area contributed by atoms with E-state index in [0.29, 0.717) is 0 Å². The van der Waals surface area contributed by atoms with Gasteiger partial charge in [-0.2, -0.15) is 0 Å². The van der Waals surface area contributed by atoms with Crippen molar-refractivity contribution in [2.45, 2.75) is 25.4 Å². The lowest BCUT2D eigenvalue weighted by Crippen LogP contribution is -2.33. The van der Waals surface area contributed by atoms with E-state index in [1.165, 1.54) is 11.1 Å². The number of aliphatic hydroxyl groups is 1. The molecule has 2 aromatic carbocycles. The van der Waals surface area contributed by atoms with Gasteiger partial charge in [-0.15, -0.1) is 12.4 Å². The minimum absolute atomic E-state index is 0.